The molecule has 0 aromatic heterocycles. The normalized spacial score (nSPS) is 13.2. The Bertz CT molecular complexity index is 2860. The minimum atomic E-state index is -1.62. The van der Waals surface area contributed by atoms with Gasteiger partial charge in [0.25, 0.3) is 0 Å². The summed E-state index contributed by atoms with van der Waals surface area (Å²) in [6.07, 6.45) is 11.3. The van der Waals surface area contributed by atoms with Gasteiger partial charge in [0, 0.05) is 65.7 Å². The third-order valence-electron chi connectivity index (χ3n) is 13.0. The summed E-state index contributed by atoms with van der Waals surface area (Å²) in [5, 5.41) is 37.9. The number of ether oxygens (including phenoxy) is 4. The number of carbonyl (C=O) groups is 3. The summed E-state index contributed by atoms with van der Waals surface area (Å²) in [6.45, 7) is 9.61. The molecule has 0 spiro atoms. The van der Waals surface area contributed by atoms with Gasteiger partial charge in [-0.3, -0.25) is 9.59 Å². The van der Waals surface area contributed by atoms with Crippen LogP contribution in [0.1, 0.15) is 61.1 Å². The van der Waals surface area contributed by atoms with Crippen LogP contribution in [0.15, 0.2) is 164 Å². The van der Waals surface area contributed by atoms with Crippen molar-refractivity contribution < 1.29 is 62.7 Å². The number of benzene rings is 6. The van der Waals surface area contributed by atoms with Crippen LogP contribution in [0.2, 0.25) is 0 Å². The molecular weight excluding hydrogens is 1010 g/mol. The zero-order valence-corrected chi connectivity index (χ0v) is 47.2. The van der Waals surface area contributed by atoms with Crippen LogP contribution in [-0.2, 0) is 47.7 Å². The van der Waals surface area contributed by atoms with E-state index in [1.54, 1.807) is 82.8 Å². The Morgan fingerprint density at radius 1 is 0.500 bits per heavy atom. The molecular formula is C62H73B3N2O13. The first-order valence-electron chi connectivity index (χ1n) is 26.2. The van der Waals surface area contributed by atoms with Gasteiger partial charge in [0.2, 0.25) is 11.8 Å². The predicted octanol–water partition coefficient (Wildman–Crippen LogP) is 5.97. The van der Waals surface area contributed by atoms with E-state index in [9.17, 15) is 34.5 Å². The van der Waals surface area contributed by atoms with E-state index in [0.29, 0.717) is 53.4 Å². The molecule has 18 heteroatoms. The average Bonchev–Trinajstić information content (AvgIpc) is 3.84. The van der Waals surface area contributed by atoms with Gasteiger partial charge < -0.3 is 58.2 Å². The molecule has 1 aliphatic heterocycles. The molecule has 1 heterocycles. The largest absolute Gasteiger partial charge is 0.495 e. The standard InChI is InChI=1S/C24H29BO5.2C19H22BNO4/c1-23(2)24(3,4)30-25(29-23)21-13-12-20(17-19(21)11-14-22(26)27-5)28-16-15-18-9-7-6-8-10-18;2*1-21(2)19(22)11-8-16-14-17(9-10-18(16)20(23)24)25-13-12-15-6-4-3-5-7-15/h6-14,17H,15-16H2,1-5H3;2*3-11,14,23-24H,12-13H2,1-2H3/b14-11+;2*11-8+. The van der Waals surface area contributed by atoms with Crippen LogP contribution in [-0.4, -0.2) is 135 Å². The van der Waals surface area contributed by atoms with Gasteiger partial charge in [0.05, 0.1) is 38.1 Å². The molecule has 0 radical (unpaired) electrons. The SMILES string of the molecule is CN(C)C(=O)/C=C/c1cc(OCCc2ccccc2)ccc1B(O)O.CN(C)C(=O)/C=C/c1cc(OCCc2ccccc2)ccc1B(O)O.COC(=O)/C=C/c1cc(OCCc2ccccc2)ccc1B1OC(C)(C)C(C)(C)O1. The first kappa shape index (κ1) is 63.1. The number of carbonyl (C=O) groups excluding carboxylic acids is 3. The molecule has 0 unspecified atom stereocenters. The first-order chi connectivity index (χ1) is 38.2. The Balaban J connectivity index is 0.000000222. The topological polar surface area (TPSA) is 194 Å². The molecule has 0 saturated carbocycles. The van der Waals surface area contributed by atoms with Gasteiger partial charge in [-0.2, -0.15) is 0 Å². The molecule has 15 nitrogen and oxygen atoms in total. The van der Waals surface area contributed by atoms with Crippen molar-refractivity contribution in [2.45, 2.75) is 58.2 Å². The van der Waals surface area contributed by atoms with Crippen molar-refractivity contribution in [1.82, 2.24) is 9.80 Å². The van der Waals surface area contributed by atoms with Crippen LogP contribution < -0.4 is 30.6 Å². The van der Waals surface area contributed by atoms with Crippen LogP contribution in [0.4, 0.5) is 0 Å². The summed E-state index contributed by atoms with van der Waals surface area (Å²) in [5.74, 6) is 1.14. The average molecular weight is 1090 g/mol. The van der Waals surface area contributed by atoms with Crippen molar-refractivity contribution in [1.29, 1.82) is 0 Å². The number of hydrogen-bond donors (Lipinski definition) is 4. The summed E-state index contributed by atoms with van der Waals surface area (Å²) in [5.41, 5.74) is 6.00. The fraction of sp³-hybridized carbons (Fsp3) is 0.274. The Morgan fingerprint density at radius 2 is 0.838 bits per heavy atom. The van der Waals surface area contributed by atoms with Crippen molar-refractivity contribution in [3.05, 3.63) is 197 Å². The lowest BCUT2D eigenvalue weighted by Gasteiger charge is -2.32. The molecule has 1 fully saturated rings. The van der Waals surface area contributed by atoms with E-state index in [-0.39, 0.29) is 11.8 Å². The van der Waals surface area contributed by atoms with Crippen molar-refractivity contribution in [3.8, 4) is 17.2 Å². The molecule has 2 amide bonds. The lowest BCUT2D eigenvalue weighted by atomic mass is 9.75. The van der Waals surface area contributed by atoms with E-state index >= 15 is 0 Å². The molecule has 0 bridgehead atoms. The quantitative estimate of drug-likeness (QED) is 0.0375. The first-order valence-corrected chi connectivity index (χ1v) is 26.2. The highest BCUT2D eigenvalue weighted by molar-refractivity contribution is 6.63. The Hall–Kier alpha value is -7.70. The highest BCUT2D eigenvalue weighted by atomic mass is 16.7. The maximum Gasteiger partial charge on any atom is 0.495 e. The van der Waals surface area contributed by atoms with E-state index in [4.69, 9.17) is 28.3 Å². The maximum absolute atomic E-state index is 11.7. The van der Waals surface area contributed by atoms with Gasteiger partial charge in [-0.1, -0.05) is 109 Å². The summed E-state index contributed by atoms with van der Waals surface area (Å²) < 4.78 is 34.6. The molecule has 6 aromatic carbocycles. The van der Waals surface area contributed by atoms with E-state index in [2.05, 4.69) is 12.1 Å². The van der Waals surface area contributed by atoms with E-state index in [0.717, 1.165) is 36.0 Å². The number of likely N-dealkylation sites (N-methyl/N-ethyl adjacent to an activating group) is 2. The smallest absolute Gasteiger partial charge is 0.493 e. The number of esters is 1. The summed E-state index contributed by atoms with van der Waals surface area (Å²) in [4.78, 5) is 37.9. The van der Waals surface area contributed by atoms with E-state index < -0.39 is 38.5 Å². The van der Waals surface area contributed by atoms with Crippen LogP contribution in [0, 0.1) is 0 Å². The number of amides is 2. The van der Waals surface area contributed by atoms with Gasteiger partial charge in [0.15, 0.2) is 0 Å². The van der Waals surface area contributed by atoms with Crippen molar-refractivity contribution in [3.63, 3.8) is 0 Å². The van der Waals surface area contributed by atoms with Crippen LogP contribution in [0.25, 0.3) is 18.2 Å². The van der Waals surface area contributed by atoms with Gasteiger partial charge >= 0.3 is 27.3 Å². The van der Waals surface area contributed by atoms with Crippen molar-refractivity contribution in [2.75, 3.05) is 55.1 Å². The minimum Gasteiger partial charge on any atom is -0.493 e. The molecule has 7 rings (SSSR count). The van der Waals surface area contributed by atoms with Crippen LogP contribution in [0.3, 0.4) is 0 Å². The van der Waals surface area contributed by atoms with Crippen LogP contribution >= 0.6 is 0 Å². The fourth-order valence-corrected chi connectivity index (χ4v) is 7.66. The number of methoxy groups -OCH3 is 1. The van der Waals surface area contributed by atoms with Gasteiger partial charge in [0.1, 0.15) is 17.2 Å². The monoisotopic (exact) mass is 1090 g/mol. The lowest BCUT2D eigenvalue weighted by Crippen LogP contribution is -2.41. The van der Waals surface area contributed by atoms with Gasteiger partial charge in [-0.05, 0) is 132 Å². The highest BCUT2D eigenvalue weighted by Crippen LogP contribution is 2.37. The predicted molar refractivity (Wildman–Crippen MR) is 318 cm³/mol. The fourth-order valence-electron chi connectivity index (χ4n) is 7.66. The minimum absolute atomic E-state index is 0.186. The lowest BCUT2D eigenvalue weighted by molar-refractivity contribution is -0.134. The Kier molecular flexibility index (Phi) is 24.6. The molecule has 4 N–H and O–H groups in total. The number of hydrogen-bond acceptors (Lipinski definition) is 13. The third kappa shape index (κ3) is 20.2. The number of nitrogens with zero attached hydrogens (tertiary/aromatic N) is 2. The maximum atomic E-state index is 11.7. The Morgan fingerprint density at radius 3 is 1.18 bits per heavy atom. The summed E-state index contributed by atoms with van der Waals surface area (Å²) in [6, 6.07) is 45.9. The second kappa shape index (κ2) is 31.2. The van der Waals surface area contributed by atoms with Crippen LogP contribution in [0.5, 0.6) is 17.2 Å². The second-order valence-electron chi connectivity index (χ2n) is 19.9. The molecule has 0 atom stereocenters. The van der Waals surface area contributed by atoms with Crippen molar-refractivity contribution >= 4 is 73.8 Å². The molecule has 0 aliphatic carbocycles. The third-order valence-corrected chi connectivity index (χ3v) is 13.0. The van der Waals surface area contributed by atoms with Crippen molar-refractivity contribution in [2.24, 2.45) is 0 Å². The zero-order valence-electron chi connectivity index (χ0n) is 47.2. The molecule has 6 aromatic rings. The zero-order chi connectivity index (χ0) is 58.2. The summed E-state index contributed by atoms with van der Waals surface area (Å²) in [7, 11) is 4.18. The second-order valence-corrected chi connectivity index (χ2v) is 19.9. The van der Waals surface area contributed by atoms with Gasteiger partial charge in [-0.25, -0.2) is 4.79 Å². The van der Waals surface area contributed by atoms with E-state index in [1.165, 1.54) is 51.8 Å². The molecule has 1 aliphatic rings. The molecule has 1 saturated heterocycles. The molecule has 418 valence electrons. The highest BCUT2D eigenvalue weighted by Gasteiger charge is 2.52. The molecule has 80 heavy (non-hydrogen) atoms. The Labute approximate surface area is 472 Å². The number of rotatable bonds is 21. The van der Waals surface area contributed by atoms with E-state index in [1.807, 2.05) is 125 Å². The van der Waals surface area contributed by atoms with Gasteiger partial charge in [-0.15, -0.1) is 0 Å². The summed E-state index contributed by atoms with van der Waals surface area (Å²) >= 11 is 0.